The highest BCUT2D eigenvalue weighted by molar-refractivity contribution is 7.22. The summed E-state index contributed by atoms with van der Waals surface area (Å²) in [5.74, 6) is -0.656. The van der Waals surface area contributed by atoms with Crippen LogP contribution in [0, 0.1) is 22.0 Å². The zero-order valence-electron chi connectivity index (χ0n) is 19.7. The lowest BCUT2D eigenvalue weighted by atomic mass is 9.82. The molecule has 3 aromatic rings. The smallest absolute Gasteiger partial charge is 0.309 e. The molecule has 0 radical (unpaired) electrons. The minimum atomic E-state index is -0.870. The Hall–Kier alpha value is -3.28. The SMILES string of the molecule is NCC(c1ccc(COC(=O)C2CCC(CO[N+](=O)[O-])CC2)cc1)[C@H](O)Nc1cc2ccncc2s1. The summed E-state index contributed by atoms with van der Waals surface area (Å²) in [6.45, 7) is 0.494. The number of rotatable bonds is 11. The summed E-state index contributed by atoms with van der Waals surface area (Å²) in [5, 5.41) is 25.4. The number of ether oxygens (including phenoxy) is 1. The average Bonchev–Trinajstić information content (AvgIpc) is 3.29. The second-order valence-electron chi connectivity index (χ2n) is 9.04. The van der Waals surface area contributed by atoms with Crippen molar-refractivity contribution in [1.29, 1.82) is 0 Å². The van der Waals surface area contributed by atoms with Crippen molar-refractivity contribution in [3.63, 3.8) is 0 Å². The van der Waals surface area contributed by atoms with Crippen LogP contribution >= 0.6 is 11.3 Å². The Morgan fingerprint density at radius 3 is 2.67 bits per heavy atom. The van der Waals surface area contributed by atoms with Crippen LogP contribution in [0.15, 0.2) is 48.8 Å². The molecular formula is C25H30N4O6S. The number of esters is 1. The van der Waals surface area contributed by atoms with Crippen molar-refractivity contribution in [2.45, 2.75) is 44.4 Å². The van der Waals surface area contributed by atoms with Gasteiger partial charge < -0.3 is 25.7 Å². The van der Waals surface area contributed by atoms with Gasteiger partial charge in [-0.25, -0.2) is 0 Å². The summed E-state index contributed by atoms with van der Waals surface area (Å²) in [6, 6.07) is 11.4. The molecule has 192 valence electrons. The fraction of sp³-hybridized carbons (Fsp3) is 0.440. The number of nitrogens with one attached hydrogen (secondary N) is 1. The van der Waals surface area contributed by atoms with Gasteiger partial charge in [-0.2, -0.15) is 0 Å². The van der Waals surface area contributed by atoms with E-state index >= 15 is 0 Å². The predicted molar refractivity (Wildman–Crippen MR) is 136 cm³/mol. The number of fused-ring (bicyclic) bond motifs is 1. The van der Waals surface area contributed by atoms with Gasteiger partial charge in [0.1, 0.15) is 12.8 Å². The molecule has 4 N–H and O–H groups in total. The molecule has 11 heteroatoms. The first kappa shape index (κ1) is 25.8. The number of aliphatic hydroxyl groups excluding tert-OH is 1. The van der Waals surface area contributed by atoms with Crippen LogP contribution in [0.5, 0.6) is 0 Å². The standard InChI is InChI=1S/C25H30N4O6S/c26-12-21(24(30)28-23-11-20-9-10-27-13-22(20)36-23)18-5-1-16(2-6-18)14-34-25(31)19-7-3-17(4-8-19)15-35-29(32)33/h1-2,5-6,9-11,13,17,19,21,24,28,30H,3-4,7-8,12,14-15,26H2/t17?,19?,21?,24-/m0/s1. The molecule has 2 atom stereocenters. The third kappa shape index (κ3) is 6.68. The Bertz CT molecular complexity index is 1130. The maximum Gasteiger partial charge on any atom is 0.309 e. The summed E-state index contributed by atoms with van der Waals surface area (Å²) in [5.41, 5.74) is 7.70. The molecule has 1 aliphatic rings. The second kappa shape index (κ2) is 12.1. The zero-order valence-corrected chi connectivity index (χ0v) is 20.6. The van der Waals surface area contributed by atoms with E-state index in [-0.39, 0.29) is 43.5 Å². The average molecular weight is 515 g/mol. The van der Waals surface area contributed by atoms with E-state index in [1.54, 1.807) is 12.4 Å². The Labute approximate surface area is 212 Å². The fourth-order valence-electron chi connectivity index (χ4n) is 4.51. The highest BCUT2D eigenvalue weighted by atomic mass is 32.1. The van der Waals surface area contributed by atoms with Crippen LogP contribution < -0.4 is 11.1 Å². The van der Waals surface area contributed by atoms with Crippen molar-refractivity contribution in [3.8, 4) is 0 Å². The van der Waals surface area contributed by atoms with Gasteiger partial charge in [-0.1, -0.05) is 24.3 Å². The van der Waals surface area contributed by atoms with E-state index in [0.717, 1.165) is 26.2 Å². The number of carbonyl (C=O) groups is 1. The highest BCUT2D eigenvalue weighted by Crippen LogP contribution is 2.32. The largest absolute Gasteiger partial charge is 0.461 e. The summed E-state index contributed by atoms with van der Waals surface area (Å²) in [7, 11) is 0. The molecule has 36 heavy (non-hydrogen) atoms. The Morgan fingerprint density at radius 1 is 1.25 bits per heavy atom. The van der Waals surface area contributed by atoms with Gasteiger partial charge in [0.25, 0.3) is 5.09 Å². The van der Waals surface area contributed by atoms with E-state index in [4.69, 9.17) is 10.5 Å². The van der Waals surface area contributed by atoms with Crippen molar-refractivity contribution < 1.29 is 24.6 Å². The van der Waals surface area contributed by atoms with Crippen LogP contribution in [0.25, 0.3) is 10.1 Å². The number of aliphatic hydroxyl groups is 1. The number of hydrogen-bond acceptors (Lipinski definition) is 10. The third-order valence-corrected chi connectivity index (χ3v) is 7.65. The molecular weight excluding hydrogens is 484 g/mol. The maximum atomic E-state index is 12.5. The summed E-state index contributed by atoms with van der Waals surface area (Å²) < 4.78 is 6.55. The molecule has 1 fully saturated rings. The van der Waals surface area contributed by atoms with Crippen molar-refractivity contribution in [2.24, 2.45) is 17.6 Å². The van der Waals surface area contributed by atoms with E-state index in [1.807, 2.05) is 36.4 Å². The molecule has 1 aliphatic carbocycles. The number of anilines is 1. The van der Waals surface area contributed by atoms with Crippen molar-refractivity contribution >= 4 is 32.4 Å². The Balaban J connectivity index is 1.26. The van der Waals surface area contributed by atoms with E-state index in [0.29, 0.717) is 25.7 Å². The lowest BCUT2D eigenvalue weighted by molar-refractivity contribution is -0.759. The fourth-order valence-corrected chi connectivity index (χ4v) is 5.47. The van der Waals surface area contributed by atoms with Crippen LogP contribution in [0.2, 0.25) is 0 Å². The number of thiophene rings is 1. The first-order valence-electron chi connectivity index (χ1n) is 11.9. The van der Waals surface area contributed by atoms with Crippen molar-refractivity contribution in [3.05, 3.63) is 70.0 Å². The van der Waals surface area contributed by atoms with Gasteiger partial charge >= 0.3 is 5.97 Å². The molecule has 10 nitrogen and oxygen atoms in total. The van der Waals surface area contributed by atoms with Gasteiger partial charge in [-0.05, 0) is 60.2 Å². The topological polar surface area (TPSA) is 150 Å². The normalized spacial score (nSPS) is 19.4. The first-order chi connectivity index (χ1) is 17.4. The number of aromatic nitrogens is 1. The number of nitrogens with zero attached hydrogens (tertiary/aromatic N) is 2. The lowest BCUT2D eigenvalue weighted by Crippen LogP contribution is -2.32. The maximum absolute atomic E-state index is 12.5. The monoisotopic (exact) mass is 514 g/mol. The minimum absolute atomic E-state index is 0.0801. The van der Waals surface area contributed by atoms with Crippen LogP contribution in [0.4, 0.5) is 5.00 Å². The number of benzene rings is 1. The van der Waals surface area contributed by atoms with Crippen LogP contribution in [0.1, 0.15) is 42.7 Å². The van der Waals surface area contributed by atoms with Gasteiger partial charge in [0.05, 0.1) is 22.2 Å². The quantitative estimate of drug-likeness (QED) is 0.150. The molecule has 1 saturated carbocycles. The van der Waals surface area contributed by atoms with E-state index in [1.165, 1.54) is 11.3 Å². The van der Waals surface area contributed by atoms with E-state index in [2.05, 4.69) is 15.1 Å². The highest BCUT2D eigenvalue weighted by Gasteiger charge is 2.28. The number of pyridine rings is 1. The zero-order chi connectivity index (χ0) is 25.5. The van der Waals surface area contributed by atoms with Gasteiger partial charge in [0.2, 0.25) is 0 Å². The van der Waals surface area contributed by atoms with Gasteiger partial charge in [-0.15, -0.1) is 21.5 Å². The van der Waals surface area contributed by atoms with E-state index < -0.39 is 11.3 Å². The molecule has 2 aromatic heterocycles. The molecule has 1 aromatic carbocycles. The molecule has 0 spiro atoms. The Kier molecular flexibility index (Phi) is 8.68. The molecule has 0 bridgehead atoms. The van der Waals surface area contributed by atoms with Crippen molar-refractivity contribution in [2.75, 3.05) is 18.5 Å². The predicted octanol–water partition coefficient (Wildman–Crippen LogP) is 3.83. The number of nitrogens with two attached hydrogens (primary N) is 1. The van der Waals surface area contributed by atoms with Gasteiger partial charge in [0.15, 0.2) is 0 Å². The molecule has 0 amide bonds. The Morgan fingerprint density at radius 2 is 2.00 bits per heavy atom. The molecule has 0 saturated heterocycles. The van der Waals surface area contributed by atoms with Crippen LogP contribution in [-0.2, 0) is 21.0 Å². The summed E-state index contributed by atoms with van der Waals surface area (Å²) in [6.07, 6.45) is 5.36. The lowest BCUT2D eigenvalue weighted by Gasteiger charge is -2.26. The minimum Gasteiger partial charge on any atom is -0.461 e. The molecule has 4 rings (SSSR count). The van der Waals surface area contributed by atoms with E-state index in [9.17, 15) is 20.0 Å². The van der Waals surface area contributed by atoms with Gasteiger partial charge in [0, 0.05) is 24.9 Å². The van der Waals surface area contributed by atoms with Crippen LogP contribution in [-0.4, -0.2) is 40.5 Å². The molecule has 1 unspecified atom stereocenters. The first-order valence-corrected chi connectivity index (χ1v) is 12.8. The summed E-state index contributed by atoms with van der Waals surface area (Å²) >= 11 is 1.52. The van der Waals surface area contributed by atoms with Crippen molar-refractivity contribution in [1.82, 2.24) is 4.98 Å². The number of hydrogen-bond donors (Lipinski definition) is 3. The second-order valence-corrected chi connectivity index (χ2v) is 10.1. The number of carbonyl (C=O) groups excluding carboxylic acids is 1. The van der Waals surface area contributed by atoms with Gasteiger partial charge in [-0.3, -0.25) is 9.78 Å². The van der Waals surface area contributed by atoms with Crippen LogP contribution in [0.3, 0.4) is 0 Å². The molecule has 0 aliphatic heterocycles. The summed E-state index contributed by atoms with van der Waals surface area (Å²) in [4.78, 5) is 31.4. The molecule has 2 heterocycles. The third-order valence-electron chi connectivity index (χ3n) is 6.63.